The van der Waals surface area contributed by atoms with Crippen molar-refractivity contribution in [1.29, 1.82) is 0 Å². The number of carbonyl (C=O) groups excluding carboxylic acids is 2. The Bertz CT molecular complexity index is 1040. The quantitative estimate of drug-likeness (QED) is 0.734. The number of sulfonamides is 1. The van der Waals surface area contributed by atoms with Crippen molar-refractivity contribution in [1.82, 2.24) is 9.62 Å². The van der Waals surface area contributed by atoms with Gasteiger partial charge in [0.2, 0.25) is 10.0 Å². The zero-order valence-electron chi connectivity index (χ0n) is 16.0. The number of rotatable bonds is 3. The molecule has 2 N–H and O–H groups in total. The van der Waals surface area contributed by atoms with E-state index in [1.165, 1.54) is 13.0 Å². The molecule has 9 heteroatoms. The van der Waals surface area contributed by atoms with Crippen LogP contribution in [0.3, 0.4) is 0 Å². The van der Waals surface area contributed by atoms with E-state index in [1.807, 2.05) is 12.1 Å². The summed E-state index contributed by atoms with van der Waals surface area (Å²) in [5, 5.41) is 2.98. The van der Waals surface area contributed by atoms with Gasteiger partial charge in [-0.15, -0.1) is 0 Å². The number of para-hydroxylation sites is 1. The van der Waals surface area contributed by atoms with Crippen molar-refractivity contribution in [3.63, 3.8) is 0 Å². The molecule has 2 aromatic carbocycles. The van der Waals surface area contributed by atoms with E-state index in [4.69, 9.17) is 0 Å². The SMILES string of the molecule is CC(=O)c1ccc(N2CCN(C(=O)[C@H]3Nc4ccccc4S(=O)(=O)N3)CC2)cc1. The summed E-state index contributed by atoms with van der Waals surface area (Å²) in [6.45, 7) is 3.75. The normalized spacial score (nSPS) is 20.5. The van der Waals surface area contributed by atoms with Crippen LogP contribution in [-0.2, 0) is 14.8 Å². The predicted octanol–water partition coefficient (Wildman–Crippen LogP) is 1.27. The number of amides is 1. The van der Waals surface area contributed by atoms with Gasteiger partial charge in [0, 0.05) is 37.4 Å². The van der Waals surface area contributed by atoms with Gasteiger partial charge >= 0.3 is 0 Å². The Kier molecular flexibility index (Phi) is 5.01. The average molecular weight is 414 g/mol. The molecule has 29 heavy (non-hydrogen) atoms. The lowest BCUT2D eigenvalue weighted by Crippen LogP contribution is -2.58. The van der Waals surface area contributed by atoms with Crippen LogP contribution in [0.1, 0.15) is 17.3 Å². The Morgan fingerprint density at radius 2 is 1.62 bits per heavy atom. The Morgan fingerprint density at radius 3 is 2.28 bits per heavy atom. The van der Waals surface area contributed by atoms with E-state index in [1.54, 1.807) is 35.2 Å². The first-order valence-electron chi connectivity index (χ1n) is 9.38. The maximum Gasteiger partial charge on any atom is 0.261 e. The third-order valence-electron chi connectivity index (χ3n) is 5.23. The molecule has 0 aliphatic carbocycles. The fourth-order valence-electron chi connectivity index (χ4n) is 3.61. The van der Waals surface area contributed by atoms with E-state index in [0.717, 1.165) is 5.69 Å². The molecule has 2 aromatic rings. The summed E-state index contributed by atoms with van der Waals surface area (Å²) >= 11 is 0. The zero-order chi connectivity index (χ0) is 20.6. The van der Waals surface area contributed by atoms with Crippen LogP contribution in [-0.4, -0.2) is 57.4 Å². The smallest absolute Gasteiger partial charge is 0.261 e. The fourth-order valence-corrected chi connectivity index (χ4v) is 4.88. The number of piperazine rings is 1. The molecule has 8 nitrogen and oxygen atoms in total. The summed E-state index contributed by atoms with van der Waals surface area (Å²) in [4.78, 5) is 28.2. The monoisotopic (exact) mass is 414 g/mol. The predicted molar refractivity (Wildman–Crippen MR) is 109 cm³/mol. The van der Waals surface area contributed by atoms with Crippen molar-refractivity contribution < 1.29 is 18.0 Å². The molecule has 2 aliphatic rings. The molecule has 0 saturated carbocycles. The Labute approximate surface area is 169 Å². The number of hydrogen-bond acceptors (Lipinski definition) is 6. The highest BCUT2D eigenvalue weighted by Gasteiger charge is 2.36. The maximum absolute atomic E-state index is 12.9. The molecule has 0 radical (unpaired) electrons. The first kappa shape index (κ1) is 19.4. The van der Waals surface area contributed by atoms with Crippen LogP contribution in [0.5, 0.6) is 0 Å². The summed E-state index contributed by atoms with van der Waals surface area (Å²) < 4.78 is 27.3. The summed E-state index contributed by atoms with van der Waals surface area (Å²) in [7, 11) is -3.74. The number of fused-ring (bicyclic) bond motifs is 1. The van der Waals surface area contributed by atoms with Crippen molar-refractivity contribution >= 4 is 33.1 Å². The molecule has 1 saturated heterocycles. The van der Waals surface area contributed by atoms with E-state index < -0.39 is 16.2 Å². The highest BCUT2D eigenvalue weighted by Crippen LogP contribution is 2.26. The highest BCUT2D eigenvalue weighted by atomic mass is 32.2. The Morgan fingerprint density at radius 1 is 0.966 bits per heavy atom. The number of Topliss-reactive ketones (excluding diaryl/α,β-unsaturated/α-hetero) is 1. The highest BCUT2D eigenvalue weighted by molar-refractivity contribution is 7.89. The largest absolute Gasteiger partial charge is 0.368 e. The van der Waals surface area contributed by atoms with Gasteiger partial charge in [-0.1, -0.05) is 12.1 Å². The second-order valence-corrected chi connectivity index (χ2v) is 8.79. The van der Waals surface area contributed by atoms with Crippen molar-refractivity contribution in [2.75, 3.05) is 36.4 Å². The van der Waals surface area contributed by atoms with Crippen LogP contribution in [0, 0.1) is 0 Å². The summed E-state index contributed by atoms with van der Waals surface area (Å²) in [5.41, 5.74) is 2.08. The first-order chi connectivity index (χ1) is 13.8. The van der Waals surface area contributed by atoms with E-state index in [0.29, 0.717) is 37.4 Å². The molecule has 2 aliphatic heterocycles. The number of carbonyl (C=O) groups is 2. The third-order valence-corrected chi connectivity index (χ3v) is 6.71. The molecule has 1 atom stereocenters. The van der Waals surface area contributed by atoms with Crippen molar-refractivity contribution in [2.45, 2.75) is 18.0 Å². The standard InChI is InChI=1S/C20H22N4O4S/c1-14(25)15-6-8-16(9-7-15)23-10-12-24(13-11-23)20(26)19-21-17-4-2-3-5-18(17)29(27,28)22-19/h2-9,19,21-22H,10-13H2,1H3/t19-/m0/s1. The van der Waals surface area contributed by atoms with E-state index >= 15 is 0 Å². The lowest BCUT2D eigenvalue weighted by molar-refractivity contribution is -0.132. The molecule has 2 heterocycles. The Hall–Kier alpha value is -2.91. The number of nitrogens with zero attached hydrogens (tertiary/aromatic N) is 2. The molecule has 1 amide bonds. The van der Waals surface area contributed by atoms with Gasteiger partial charge in [-0.25, -0.2) is 8.42 Å². The third kappa shape index (κ3) is 3.83. The van der Waals surface area contributed by atoms with Crippen LogP contribution in [0.25, 0.3) is 0 Å². The lowest BCUT2D eigenvalue weighted by Gasteiger charge is -2.38. The molecule has 4 rings (SSSR count). The number of benzene rings is 2. The van der Waals surface area contributed by atoms with E-state index in [2.05, 4.69) is 14.9 Å². The molecule has 152 valence electrons. The van der Waals surface area contributed by atoms with Gasteiger partial charge in [0.25, 0.3) is 5.91 Å². The molecule has 0 aromatic heterocycles. The molecule has 0 bridgehead atoms. The molecule has 0 unspecified atom stereocenters. The summed E-state index contributed by atoms with van der Waals surface area (Å²) in [6, 6.07) is 13.9. The fraction of sp³-hybridized carbons (Fsp3) is 0.300. The van der Waals surface area contributed by atoms with Crippen molar-refractivity contribution in [2.24, 2.45) is 0 Å². The van der Waals surface area contributed by atoms with Crippen LogP contribution >= 0.6 is 0 Å². The maximum atomic E-state index is 12.9. The number of ketones is 1. The summed E-state index contributed by atoms with van der Waals surface area (Å²) in [6.07, 6.45) is -1.02. The van der Waals surface area contributed by atoms with Crippen LogP contribution in [0.2, 0.25) is 0 Å². The van der Waals surface area contributed by atoms with Gasteiger partial charge in [0.15, 0.2) is 11.9 Å². The molecule has 0 spiro atoms. The van der Waals surface area contributed by atoms with Gasteiger partial charge in [0.05, 0.1) is 5.69 Å². The van der Waals surface area contributed by atoms with Gasteiger partial charge in [-0.2, -0.15) is 4.72 Å². The van der Waals surface area contributed by atoms with Gasteiger partial charge in [-0.3, -0.25) is 9.59 Å². The minimum atomic E-state index is -3.74. The van der Waals surface area contributed by atoms with Gasteiger partial charge < -0.3 is 15.1 Å². The van der Waals surface area contributed by atoms with Gasteiger partial charge in [0.1, 0.15) is 4.90 Å². The zero-order valence-corrected chi connectivity index (χ0v) is 16.8. The number of anilines is 2. The van der Waals surface area contributed by atoms with Gasteiger partial charge in [-0.05, 0) is 43.3 Å². The van der Waals surface area contributed by atoms with E-state index in [9.17, 15) is 18.0 Å². The van der Waals surface area contributed by atoms with Crippen LogP contribution in [0.4, 0.5) is 11.4 Å². The Balaban J connectivity index is 1.41. The average Bonchev–Trinajstić information content (AvgIpc) is 2.73. The number of hydrogen-bond donors (Lipinski definition) is 2. The molecular formula is C20H22N4O4S. The van der Waals surface area contributed by atoms with E-state index in [-0.39, 0.29) is 16.6 Å². The summed E-state index contributed by atoms with van der Waals surface area (Å²) in [5.74, 6) is -0.273. The van der Waals surface area contributed by atoms with Crippen molar-refractivity contribution in [3.8, 4) is 0 Å². The lowest BCUT2D eigenvalue weighted by atomic mass is 10.1. The molecular weight excluding hydrogens is 392 g/mol. The topological polar surface area (TPSA) is 98.8 Å². The second-order valence-electron chi connectivity index (χ2n) is 7.11. The van der Waals surface area contributed by atoms with Crippen molar-refractivity contribution in [3.05, 3.63) is 54.1 Å². The second kappa shape index (κ2) is 7.49. The molecule has 1 fully saturated rings. The minimum absolute atomic E-state index is 0.0240. The van der Waals surface area contributed by atoms with Crippen LogP contribution in [0.15, 0.2) is 53.4 Å². The minimum Gasteiger partial charge on any atom is -0.368 e. The first-order valence-corrected chi connectivity index (χ1v) is 10.9. The number of nitrogens with one attached hydrogen (secondary N) is 2. The van der Waals surface area contributed by atoms with Crippen LogP contribution < -0.4 is 14.9 Å².